The minimum Gasteiger partial charge on any atom is -0.326 e. The molecule has 6 aromatic rings. The van der Waals surface area contributed by atoms with Crippen molar-refractivity contribution in [3.05, 3.63) is 193 Å². The summed E-state index contributed by atoms with van der Waals surface area (Å²) in [6, 6.07) is 50.2. The Bertz CT molecular complexity index is 1550. The van der Waals surface area contributed by atoms with E-state index >= 15 is 0 Å². The van der Waals surface area contributed by atoms with E-state index in [4.69, 9.17) is 11.6 Å². The second-order valence-corrected chi connectivity index (χ2v) is 11.6. The maximum Gasteiger partial charge on any atom is 0.233 e. The summed E-state index contributed by atoms with van der Waals surface area (Å²) in [6.45, 7) is 4.21. The number of hydrogen-bond donors (Lipinski definition) is 0. The van der Waals surface area contributed by atoms with E-state index < -0.39 is 0 Å². The van der Waals surface area contributed by atoms with Crippen molar-refractivity contribution in [2.75, 3.05) is 0 Å². The zero-order valence-electron chi connectivity index (χ0n) is 22.7. The molecule has 41 heavy (non-hydrogen) atoms. The molecule has 0 N–H and O–H groups in total. The minimum atomic E-state index is -0.371. The summed E-state index contributed by atoms with van der Waals surface area (Å²) in [4.78, 5) is 4.34. The van der Waals surface area contributed by atoms with Gasteiger partial charge in [0.2, 0.25) is 6.71 Å². The molecule has 1 heterocycles. The third kappa shape index (κ3) is 6.68. The van der Waals surface area contributed by atoms with E-state index in [2.05, 4.69) is 137 Å². The molecule has 0 atom stereocenters. The van der Waals surface area contributed by atoms with Crippen molar-refractivity contribution in [3.63, 3.8) is 0 Å². The van der Waals surface area contributed by atoms with Gasteiger partial charge in [-0.2, -0.15) is 0 Å². The Morgan fingerprint density at radius 1 is 0.683 bits per heavy atom. The third-order valence-electron chi connectivity index (χ3n) is 6.98. The summed E-state index contributed by atoms with van der Waals surface area (Å²) in [7, 11) is 0.450. The molecule has 0 unspecified atom stereocenters. The smallest absolute Gasteiger partial charge is 0.233 e. The molecular weight excluding hydrogens is 535 g/mol. The molecule has 5 heteroatoms. The highest BCUT2D eigenvalue weighted by atomic mass is 35.5. The maximum atomic E-state index is 6.28. The lowest BCUT2D eigenvalue weighted by atomic mass is 9.41. The zero-order valence-corrected chi connectivity index (χ0v) is 24.5. The zero-order chi connectivity index (χ0) is 28.3. The average Bonchev–Trinajstić information content (AvgIpc) is 3.58. The summed E-state index contributed by atoms with van der Waals surface area (Å²) in [5.74, 6) is 1.99. The predicted octanol–water partition coefficient (Wildman–Crippen LogP) is 6.34. The fourth-order valence-corrected chi connectivity index (χ4v) is 7.04. The lowest BCUT2D eigenvalue weighted by Gasteiger charge is -2.36. The highest BCUT2D eigenvalue weighted by molar-refractivity contribution is 6.89. The van der Waals surface area contributed by atoms with Crippen LogP contribution in [0.5, 0.6) is 0 Å². The quantitative estimate of drug-likeness (QED) is 0.197. The first-order valence-electron chi connectivity index (χ1n) is 13.6. The molecule has 0 fully saturated rings. The standard InChI is InChI=1S/C22H17ClN2Si.C14H13B/c23-20-12-7-13-21(16-20)26-22(25-15-14-24-17-25,18-8-3-1-4-9-18)19-10-5-2-6-11-19;1-2-15(13-9-5-3-6-10-13)14-11-7-4-8-12-14/h1-17H;2-12H,1H2. The summed E-state index contributed by atoms with van der Waals surface area (Å²) in [5, 5.41) is 1.60. The summed E-state index contributed by atoms with van der Waals surface area (Å²) < 4.78 is 2.21. The van der Waals surface area contributed by atoms with Crippen LogP contribution >= 0.6 is 11.6 Å². The lowest BCUT2D eigenvalue weighted by molar-refractivity contribution is 0.596. The maximum absolute atomic E-state index is 6.28. The van der Waals surface area contributed by atoms with Gasteiger partial charge < -0.3 is 4.57 Å². The molecular formula is C36H30BClN2Si. The van der Waals surface area contributed by atoms with Crippen LogP contribution in [0.4, 0.5) is 0 Å². The van der Waals surface area contributed by atoms with Gasteiger partial charge in [-0.05, 0) is 23.3 Å². The van der Waals surface area contributed by atoms with Crippen molar-refractivity contribution in [2.45, 2.75) is 5.16 Å². The van der Waals surface area contributed by atoms with Gasteiger partial charge in [0, 0.05) is 17.4 Å². The number of imidazole rings is 1. The summed E-state index contributed by atoms with van der Waals surface area (Å²) in [5.41, 5.74) is 5.03. The van der Waals surface area contributed by atoms with E-state index in [0.29, 0.717) is 16.2 Å². The van der Waals surface area contributed by atoms with Crippen molar-refractivity contribution in [1.82, 2.24) is 9.55 Å². The van der Waals surface area contributed by atoms with Gasteiger partial charge in [0.25, 0.3) is 0 Å². The Morgan fingerprint density at radius 3 is 1.63 bits per heavy atom. The van der Waals surface area contributed by atoms with Gasteiger partial charge in [-0.1, -0.05) is 161 Å². The Labute approximate surface area is 250 Å². The molecule has 1 aromatic heterocycles. The van der Waals surface area contributed by atoms with E-state index in [1.807, 2.05) is 49.0 Å². The summed E-state index contributed by atoms with van der Waals surface area (Å²) >= 11 is 6.28. The number of halogens is 1. The van der Waals surface area contributed by atoms with Gasteiger partial charge in [-0.3, -0.25) is 0 Å². The number of aromatic nitrogens is 2. The molecule has 0 aliphatic heterocycles. The molecule has 2 nitrogen and oxygen atoms in total. The second-order valence-electron chi connectivity index (χ2n) is 9.58. The first-order chi connectivity index (χ1) is 20.2. The van der Waals surface area contributed by atoms with Gasteiger partial charge in [0.1, 0.15) is 9.52 Å². The van der Waals surface area contributed by atoms with E-state index in [0.717, 1.165) is 5.02 Å². The second kappa shape index (κ2) is 13.8. The van der Waals surface area contributed by atoms with Crippen molar-refractivity contribution in [2.24, 2.45) is 0 Å². The van der Waals surface area contributed by atoms with Crippen molar-refractivity contribution in [3.8, 4) is 0 Å². The van der Waals surface area contributed by atoms with Gasteiger partial charge >= 0.3 is 0 Å². The molecule has 2 radical (unpaired) electrons. The molecule has 0 aliphatic rings. The SMILES string of the molecule is C=CB(c1ccccc1)c1ccccc1.Clc1cccc([Si]C(c2ccccc2)(c2ccccc2)n2ccnc2)c1. The molecule has 5 aromatic carbocycles. The number of rotatable bonds is 8. The predicted molar refractivity (Wildman–Crippen MR) is 176 cm³/mol. The van der Waals surface area contributed by atoms with Crippen LogP contribution in [0.25, 0.3) is 0 Å². The first kappa shape index (κ1) is 28.2. The Morgan fingerprint density at radius 2 is 1.20 bits per heavy atom. The van der Waals surface area contributed by atoms with E-state index in [9.17, 15) is 0 Å². The Hall–Kier alpha value is -4.38. The molecule has 6 rings (SSSR count). The first-order valence-corrected chi connectivity index (χ1v) is 14.9. The van der Waals surface area contributed by atoms with Crippen LogP contribution in [-0.4, -0.2) is 25.8 Å². The average molecular weight is 565 g/mol. The van der Waals surface area contributed by atoms with Gasteiger partial charge in [0.05, 0.1) is 11.5 Å². The van der Waals surface area contributed by atoms with Gasteiger partial charge in [-0.15, -0.1) is 12.6 Å². The van der Waals surface area contributed by atoms with Crippen LogP contribution in [0.15, 0.2) is 177 Å². The minimum absolute atomic E-state index is 0.299. The topological polar surface area (TPSA) is 17.8 Å². The largest absolute Gasteiger partial charge is 0.326 e. The molecule has 198 valence electrons. The van der Waals surface area contributed by atoms with Crippen LogP contribution in [0, 0.1) is 0 Å². The lowest BCUT2D eigenvalue weighted by Crippen LogP contribution is -2.46. The molecule has 0 spiro atoms. The van der Waals surface area contributed by atoms with Crippen LogP contribution in [0.3, 0.4) is 0 Å². The fraction of sp³-hybridized carbons (Fsp3) is 0.0278. The molecule has 0 saturated heterocycles. The normalized spacial score (nSPS) is 10.8. The highest BCUT2D eigenvalue weighted by Gasteiger charge is 2.37. The molecule has 0 saturated carbocycles. The highest BCUT2D eigenvalue weighted by Crippen LogP contribution is 2.33. The number of hydrogen-bond acceptors (Lipinski definition) is 1. The molecule has 0 bridgehead atoms. The monoisotopic (exact) mass is 564 g/mol. The van der Waals surface area contributed by atoms with E-state index in [1.165, 1.54) is 27.2 Å². The Balaban J connectivity index is 0.000000191. The van der Waals surface area contributed by atoms with Crippen molar-refractivity contribution in [1.29, 1.82) is 0 Å². The Kier molecular flexibility index (Phi) is 9.48. The van der Waals surface area contributed by atoms with Crippen LogP contribution in [-0.2, 0) is 5.16 Å². The van der Waals surface area contributed by atoms with Gasteiger partial charge in [-0.25, -0.2) is 4.98 Å². The van der Waals surface area contributed by atoms with Crippen LogP contribution in [0.1, 0.15) is 11.1 Å². The van der Waals surface area contributed by atoms with E-state index in [-0.39, 0.29) is 5.16 Å². The van der Waals surface area contributed by atoms with Gasteiger partial charge in [0.15, 0.2) is 0 Å². The van der Waals surface area contributed by atoms with Crippen molar-refractivity contribution < 1.29 is 0 Å². The summed E-state index contributed by atoms with van der Waals surface area (Å²) in [6.07, 6.45) is 5.78. The fourth-order valence-electron chi connectivity index (χ4n) is 5.05. The third-order valence-corrected chi connectivity index (χ3v) is 9.01. The number of nitrogens with zero attached hydrogens (tertiary/aromatic N) is 2. The van der Waals surface area contributed by atoms with E-state index in [1.54, 1.807) is 0 Å². The van der Waals surface area contributed by atoms with Crippen LogP contribution in [0.2, 0.25) is 5.02 Å². The van der Waals surface area contributed by atoms with Crippen LogP contribution < -0.4 is 16.1 Å². The molecule has 0 amide bonds. The van der Waals surface area contributed by atoms with Crippen molar-refractivity contribution >= 4 is 43.9 Å². The number of benzene rings is 5. The molecule has 0 aliphatic carbocycles.